The summed E-state index contributed by atoms with van der Waals surface area (Å²) in [6, 6.07) is 11.6. The van der Waals surface area contributed by atoms with Crippen molar-refractivity contribution in [2.75, 3.05) is 13.2 Å². The Morgan fingerprint density at radius 1 is 1.17 bits per heavy atom. The summed E-state index contributed by atoms with van der Waals surface area (Å²) in [5, 5.41) is 0. The fraction of sp³-hybridized carbons (Fsp3) is 0.368. The number of likely N-dealkylation sites (tertiary alicyclic amines) is 1. The van der Waals surface area contributed by atoms with Gasteiger partial charge in [0.05, 0.1) is 22.4 Å². The first-order chi connectivity index (χ1) is 11.6. The second-order valence-corrected chi connectivity index (χ2v) is 6.96. The minimum absolute atomic E-state index is 0.00327. The van der Waals surface area contributed by atoms with E-state index in [-0.39, 0.29) is 17.7 Å². The van der Waals surface area contributed by atoms with Crippen LogP contribution in [-0.2, 0) is 0 Å². The van der Waals surface area contributed by atoms with Crippen LogP contribution in [0.25, 0.3) is 0 Å². The molecule has 126 valence electrons. The first kappa shape index (κ1) is 16.7. The number of nitrogens with zero attached hydrogens (tertiary/aromatic N) is 1. The zero-order valence-electron chi connectivity index (χ0n) is 14.0. The fourth-order valence-electron chi connectivity index (χ4n) is 3.09. The normalized spacial score (nSPS) is 17.1. The predicted octanol–water partition coefficient (Wildman–Crippen LogP) is 4.33. The van der Waals surface area contributed by atoms with Crippen LogP contribution in [0, 0.1) is 0 Å². The molecule has 1 atom stereocenters. The van der Waals surface area contributed by atoms with Gasteiger partial charge in [0.25, 0.3) is 5.91 Å². The molecule has 0 aliphatic carbocycles. The van der Waals surface area contributed by atoms with E-state index in [1.807, 2.05) is 36.1 Å². The number of hydrogen-bond donors (Lipinski definition) is 0. The maximum Gasteiger partial charge on any atom is 0.264 e. The van der Waals surface area contributed by atoms with Crippen LogP contribution in [0.15, 0.2) is 36.4 Å². The zero-order valence-corrected chi connectivity index (χ0v) is 14.8. The predicted molar refractivity (Wildman–Crippen MR) is 94.9 cm³/mol. The van der Waals surface area contributed by atoms with E-state index in [9.17, 15) is 9.59 Å². The van der Waals surface area contributed by atoms with Crippen molar-refractivity contribution in [1.82, 2.24) is 4.90 Å². The highest BCUT2D eigenvalue weighted by molar-refractivity contribution is 7.15. The minimum atomic E-state index is 0.00327. The van der Waals surface area contributed by atoms with Crippen molar-refractivity contribution in [3.63, 3.8) is 0 Å². The summed E-state index contributed by atoms with van der Waals surface area (Å²) in [6.45, 7) is 4.88. The molecule has 1 aromatic heterocycles. The van der Waals surface area contributed by atoms with Gasteiger partial charge in [0.15, 0.2) is 5.78 Å². The highest BCUT2D eigenvalue weighted by Crippen LogP contribution is 2.34. The Labute approximate surface area is 146 Å². The quantitative estimate of drug-likeness (QED) is 0.759. The molecule has 3 rings (SSSR count). The number of rotatable bonds is 5. The van der Waals surface area contributed by atoms with Crippen molar-refractivity contribution in [3.8, 4) is 5.75 Å². The number of amides is 1. The molecule has 2 aromatic rings. The molecule has 0 radical (unpaired) electrons. The molecule has 0 bridgehead atoms. The lowest BCUT2D eigenvalue weighted by Gasteiger charge is -2.24. The van der Waals surface area contributed by atoms with E-state index >= 15 is 0 Å². The van der Waals surface area contributed by atoms with Crippen molar-refractivity contribution < 1.29 is 14.3 Å². The van der Waals surface area contributed by atoms with E-state index in [0.29, 0.717) is 16.4 Å². The molecule has 0 spiro atoms. The van der Waals surface area contributed by atoms with Gasteiger partial charge in [0.2, 0.25) is 0 Å². The van der Waals surface area contributed by atoms with E-state index in [0.717, 1.165) is 30.7 Å². The summed E-state index contributed by atoms with van der Waals surface area (Å²) in [6.07, 6.45) is 1.96. The maximum atomic E-state index is 12.8. The van der Waals surface area contributed by atoms with Crippen LogP contribution in [0.5, 0.6) is 5.75 Å². The summed E-state index contributed by atoms with van der Waals surface area (Å²) in [5.41, 5.74) is 1.13. The summed E-state index contributed by atoms with van der Waals surface area (Å²) >= 11 is 1.28. The van der Waals surface area contributed by atoms with Crippen LogP contribution in [0.2, 0.25) is 0 Å². The standard InChI is InChI=1S/C19H21NO3S/c1-3-23-15-8-6-14(7-9-15)16-5-4-12-20(16)19(22)18-11-10-17(24-18)13(2)21/h6-11,16H,3-5,12H2,1-2H3. The van der Waals surface area contributed by atoms with Gasteiger partial charge in [-0.3, -0.25) is 9.59 Å². The van der Waals surface area contributed by atoms with Crippen LogP contribution in [0.1, 0.15) is 57.6 Å². The van der Waals surface area contributed by atoms with Crippen molar-refractivity contribution in [3.05, 3.63) is 51.7 Å². The molecule has 1 aromatic carbocycles. The number of hydrogen-bond acceptors (Lipinski definition) is 4. The lowest BCUT2D eigenvalue weighted by molar-refractivity contribution is 0.0740. The van der Waals surface area contributed by atoms with Gasteiger partial charge in [0.1, 0.15) is 5.75 Å². The highest BCUT2D eigenvalue weighted by atomic mass is 32.1. The van der Waals surface area contributed by atoms with Gasteiger partial charge in [0, 0.05) is 6.54 Å². The van der Waals surface area contributed by atoms with E-state index < -0.39 is 0 Å². The molecule has 1 aliphatic heterocycles. The number of Topliss-reactive ketones (excluding diaryl/α,β-unsaturated/α-hetero) is 1. The smallest absolute Gasteiger partial charge is 0.264 e. The first-order valence-corrected chi connectivity index (χ1v) is 9.06. The van der Waals surface area contributed by atoms with Crippen molar-refractivity contribution in [2.24, 2.45) is 0 Å². The third-order valence-corrected chi connectivity index (χ3v) is 5.43. The van der Waals surface area contributed by atoms with Crippen molar-refractivity contribution in [2.45, 2.75) is 32.7 Å². The topological polar surface area (TPSA) is 46.6 Å². The first-order valence-electron chi connectivity index (χ1n) is 8.24. The van der Waals surface area contributed by atoms with Gasteiger partial charge in [-0.15, -0.1) is 11.3 Å². The monoisotopic (exact) mass is 343 g/mol. The van der Waals surface area contributed by atoms with Gasteiger partial charge in [-0.05, 0) is 56.5 Å². The number of carbonyl (C=O) groups is 2. The van der Waals surface area contributed by atoms with Crippen LogP contribution >= 0.6 is 11.3 Å². The Kier molecular flexibility index (Phi) is 5.00. The Hall–Kier alpha value is -2.14. The van der Waals surface area contributed by atoms with Gasteiger partial charge < -0.3 is 9.64 Å². The summed E-state index contributed by atoms with van der Waals surface area (Å²) < 4.78 is 5.48. The Bertz CT molecular complexity index is 735. The number of ether oxygens (including phenoxy) is 1. The number of ketones is 1. The lowest BCUT2D eigenvalue weighted by Crippen LogP contribution is -2.29. The Morgan fingerprint density at radius 3 is 2.50 bits per heavy atom. The molecule has 4 nitrogen and oxygen atoms in total. The van der Waals surface area contributed by atoms with Crippen molar-refractivity contribution >= 4 is 23.0 Å². The number of carbonyl (C=O) groups excluding carboxylic acids is 2. The SMILES string of the molecule is CCOc1ccc(C2CCCN2C(=O)c2ccc(C(C)=O)s2)cc1. The van der Waals surface area contributed by atoms with E-state index in [1.165, 1.54) is 18.3 Å². The lowest BCUT2D eigenvalue weighted by atomic mass is 10.0. The number of thiophene rings is 1. The molecule has 1 aliphatic rings. The molecule has 1 amide bonds. The fourth-order valence-corrected chi connectivity index (χ4v) is 3.95. The summed E-state index contributed by atoms with van der Waals surface area (Å²) in [4.78, 5) is 27.5. The molecule has 1 fully saturated rings. The van der Waals surface area contributed by atoms with Crippen LogP contribution < -0.4 is 4.74 Å². The van der Waals surface area contributed by atoms with Gasteiger partial charge in [-0.2, -0.15) is 0 Å². The molecule has 1 saturated heterocycles. The molecule has 1 unspecified atom stereocenters. The van der Waals surface area contributed by atoms with Gasteiger partial charge in [-0.1, -0.05) is 12.1 Å². The van der Waals surface area contributed by atoms with Crippen LogP contribution in [0.4, 0.5) is 0 Å². The minimum Gasteiger partial charge on any atom is -0.494 e. The van der Waals surface area contributed by atoms with Crippen molar-refractivity contribution in [1.29, 1.82) is 0 Å². The molecule has 5 heteroatoms. The molecule has 0 N–H and O–H groups in total. The Morgan fingerprint density at radius 2 is 1.88 bits per heavy atom. The second kappa shape index (κ2) is 7.18. The molecule has 24 heavy (non-hydrogen) atoms. The average molecular weight is 343 g/mol. The Balaban J connectivity index is 1.79. The van der Waals surface area contributed by atoms with E-state index in [1.54, 1.807) is 12.1 Å². The maximum absolute atomic E-state index is 12.8. The average Bonchev–Trinajstić information content (AvgIpc) is 3.25. The zero-order chi connectivity index (χ0) is 17.1. The highest BCUT2D eigenvalue weighted by Gasteiger charge is 2.31. The third kappa shape index (κ3) is 3.36. The van der Waals surface area contributed by atoms with Gasteiger partial charge in [-0.25, -0.2) is 0 Å². The number of benzene rings is 1. The molecule has 2 heterocycles. The van der Waals surface area contributed by atoms with Crippen LogP contribution in [-0.4, -0.2) is 29.7 Å². The van der Waals surface area contributed by atoms with E-state index in [4.69, 9.17) is 4.74 Å². The summed E-state index contributed by atoms with van der Waals surface area (Å²) in [7, 11) is 0. The third-order valence-electron chi connectivity index (χ3n) is 4.25. The molecule has 0 saturated carbocycles. The van der Waals surface area contributed by atoms with Crippen LogP contribution in [0.3, 0.4) is 0 Å². The molecular formula is C19H21NO3S. The molecular weight excluding hydrogens is 322 g/mol. The van der Waals surface area contributed by atoms with E-state index in [2.05, 4.69) is 0 Å². The largest absolute Gasteiger partial charge is 0.494 e. The van der Waals surface area contributed by atoms with Gasteiger partial charge >= 0.3 is 0 Å². The second-order valence-electron chi connectivity index (χ2n) is 5.88. The summed E-state index contributed by atoms with van der Waals surface area (Å²) in [5.74, 6) is 0.869.